The molecule has 0 unspecified atom stereocenters. The van der Waals surface area contributed by atoms with Gasteiger partial charge in [-0.1, -0.05) is 42.5 Å². The van der Waals surface area contributed by atoms with Crippen LogP contribution in [0.4, 0.5) is 0 Å². The zero-order valence-electron chi connectivity index (χ0n) is 16.4. The van der Waals surface area contributed by atoms with Gasteiger partial charge in [0.15, 0.2) is 0 Å². The normalized spacial score (nSPS) is 19.1. The number of aromatic nitrogens is 1. The van der Waals surface area contributed by atoms with E-state index in [0.29, 0.717) is 13.0 Å². The van der Waals surface area contributed by atoms with Crippen molar-refractivity contribution in [1.82, 2.24) is 14.4 Å². The van der Waals surface area contributed by atoms with E-state index in [0.717, 1.165) is 43.7 Å². The topological polar surface area (TPSA) is 45.6 Å². The lowest BCUT2D eigenvalue weighted by Gasteiger charge is -2.38. The first-order valence-corrected chi connectivity index (χ1v) is 9.96. The molecule has 0 N–H and O–H groups in total. The van der Waals surface area contributed by atoms with E-state index in [1.165, 1.54) is 0 Å². The number of carbonyl (C=O) groups is 2. The summed E-state index contributed by atoms with van der Waals surface area (Å²) in [7, 11) is 1.90. The molecule has 28 heavy (non-hydrogen) atoms. The van der Waals surface area contributed by atoms with Gasteiger partial charge in [-0.2, -0.15) is 0 Å². The van der Waals surface area contributed by atoms with Gasteiger partial charge in [0.1, 0.15) is 5.69 Å². The van der Waals surface area contributed by atoms with Crippen molar-refractivity contribution in [1.29, 1.82) is 0 Å². The monoisotopic (exact) mass is 377 g/mol. The maximum atomic E-state index is 12.7. The molecule has 1 aromatic carbocycles. The number of likely N-dealkylation sites (tertiary alicyclic amines) is 2. The largest absolute Gasteiger partial charge is 0.347 e. The van der Waals surface area contributed by atoms with Crippen molar-refractivity contribution in [3.63, 3.8) is 0 Å². The van der Waals surface area contributed by atoms with Crippen molar-refractivity contribution in [2.75, 3.05) is 26.2 Å². The number of benzene rings is 1. The van der Waals surface area contributed by atoms with Gasteiger partial charge in [0, 0.05) is 51.3 Å². The number of amides is 2. The Hall–Kier alpha value is -2.82. The molecule has 0 saturated carbocycles. The van der Waals surface area contributed by atoms with Crippen molar-refractivity contribution >= 4 is 17.9 Å². The van der Waals surface area contributed by atoms with Crippen molar-refractivity contribution in [2.45, 2.75) is 19.3 Å². The molecule has 5 heteroatoms. The summed E-state index contributed by atoms with van der Waals surface area (Å²) in [6.07, 6.45) is 8.44. The van der Waals surface area contributed by atoms with Crippen molar-refractivity contribution < 1.29 is 9.59 Å². The molecule has 2 saturated heterocycles. The molecule has 0 bridgehead atoms. The van der Waals surface area contributed by atoms with Crippen LogP contribution in [0.1, 0.15) is 35.3 Å². The molecule has 4 rings (SSSR count). The number of carbonyl (C=O) groups excluding carboxylic acids is 2. The van der Waals surface area contributed by atoms with Crippen LogP contribution >= 0.6 is 0 Å². The Morgan fingerprint density at radius 1 is 1.11 bits per heavy atom. The quantitative estimate of drug-likeness (QED) is 0.821. The molecule has 5 nitrogen and oxygen atoms in total. The Balaban J connectivity index is 1.33. The predicted molar refractivity (Wildman–Crippen MR) is 110 cm³/mol. The van der Waals surface area contributed by atoms with E-state index in [9.17, 15) is 9.59 Å². The number of piperidine rings is 1. The lowest BCUT2D eigenvalue weighted by atomic mass is 9.77. The van der Waals surface area contributed by atoms with Crippen LogP contribution < -0.4 is 0 Å². The zero-order valence-corrected chi connectivity index (χ0v) is 16.4. The van der Waals surface area contributed by atoms with Crippen LogP contribution in [0.2, 0.25) is 0 Å². The molecular weight excluding hydrogens is 350 g/mol. The van der Waals surface area contributed by atoms with Crippen LogP contribution in [0.15, 0.2) is 54.7 Å². The predicted octanol–water partition coefficient (Wildman–Crippen LogP) is 3.19. The zero-order chi connectivity index (χ0) is 19.6. The van der Waals surface area contributed by atoms with Crippen LogP contribution in [0.5, 0.6) is 0 Å². The highest BCUT2D eigenvalue weighted by Crippen LogP contribution is 2.41. The van der Waals surface area contributed by atoms with E-state index in [1.54, 1.807) is 0 Å². The lowest BCUT2D eigenvalue weighted by molar-refractivity contribution is -0.127. The number of nitrogens with zero attached hydrogens (tertiary/aromatic N) is 3. The van der Waals surface area contributed by atoms with Gasteiger partial charge in [0.2, 0.25) is 5.91 Å². The molecule has 0 radical (unpaired) electrons. The van der Waals surface area contributed by atoms with Crippen LogP contribution in [0.3, 0.4) is 0 Å². The lowest BCUT2D eigenvalue weighted by Crippen LogP contribution is -2.44. The molecule has 2 aliphatic rings. The van der Waals surface area contributed by atoms with Gasteiger partial charge in [0.05, 0.1) is 0 Å². The Morgan fingerprint density at radius 3 is 2.54 bits per heavy atom. The van der Waals surface area contributed by atoms with Gasteiger partial charge in [-0.25, -0.2) is 0 Å². The Morgan fingerprint density at radius 2 is 1.86 bits per heavy atom. The van der Waals surface area contributed by atoms with Gasteiger partial charge in [-0.3, -0.25) is 9.59 Å². The third-order valence-electron chi connectivity index (χ3n) is 6.12. The first-order chi connectivity index (χ1) is 13.6. The first kappa shape index (κ1) is 18.5. The Labute approximate surface area is 166 Å². The summed E-state index contributed by atoms with van der Waals surface area (Å²) in [6.45, 7) is 2.91. The molecule has 0 atom stereocenters. The summed E-state index contributed by atoms with van der Waals surface area (Å²) in [5, 5.41) is 0. The molecule has 2 fully saturated rings. The minimum absolute atomic E-state index is 0.0304. The van der Waals surface area contributed by atoms with Crippen molar-refractivity contribution in [3.05, 3.63) is 66.0 Å². The highest BCUT2D eigenvalue weighted by atomic mass is 16.2. The molecule has 146 valence electrons. The SMILES string of the molecule is Cn1cccc1C(=O)N1CCC2(CC1)CC(=O)N(CC=Cc1ccccc1)C2. The Bertz CT molecular complexity index is 876. The van der Waals surface area contributed by atoms with E-state index in [-0.39, 0.29) is 17.2 Å². The van der Waals surface area contributed by atoms with Crippen LogP contribution in [-0.2, 0) is 11.8 Å². The van der Waals surface area contributed by atoms with E-state index >= 15 is 0 Å². The molecule has 1 spiro atoms. The standard InChI is InChI=1S/C23H27N3O2/c1-24-13-6-10-20(24)22(28)25-15-11-23(12-16-25)17-21(27)26(18-23)14-5-9-19-7-3-2-4-8-19/h2-10,13H,11-12,14-18H2,1H3. The van der Waals surface area contributed by atoms with Crippen LogP contribution in [0.25, 0.3) is 6.08 Å². The van der Waals surface area contributed by atoms with Crippen molar-refractivity contribution in [3.8, 4) is 0 Å². The summed E-state index contributed by atoms with van der Waals surface area (Å²) in [5.41, 5.74) is 1.91. The molecule has 3 heterocycles. The average molecular weight is 377 g/mol. The number of hydrogen-bond acceptors (Lipinski definition) is 2. The van der Waals surface area contributed by atoms with Gasteiger partial charge >= 0.3 is 0 Å². The van der Waals surface area contributed by atoms with E-state index < -0.39 is 0 Å². The third-order valence-corrected chi connectivity index (χ3v) is 6.12. The smallest absolute Gasteiger partial charge is 0.270 e. The molecule has 2 aliphatic heterocycles. The van der Waals surface area contributed by atoms with Crippen molar-refractivity contribution in [2.24, 2.45) is 12.5 Å². The fourth-order valence-electron chi connectivity index (χ4n) is 4.39. The molecule has 2 amide bonds. The molecule has 1 aromatic heterocycles. The van der Waals surface area contributed by atoms with Gasteiger partial charge in [-0.15, -0.1) is 0 Å². The number of hydrogen-bond donors (Lipinski definition) is 0. The molecule has 0 aliphatic carbocycles. The second-order valence-electron chi connectivity index (χ2n) is 8.06. The molecule has 2 aromatic rings. The fourth-order valence-corrected chi connectivity index (χ4v) is 4.39. The molecular formula is C23H27N3O2. The highest BCUT2D eigenvalue weighted by molar-refractivity contribution is 5.92. The van der Waals surface area contributed by atoms with Gasteiger partial charge < -0.3 is 14.4 Å². The number of aryl methyl sites for hydroxylation is 1. The third kappa shape index (κ3) is 3.75. The maximum Gasteiger partial charge on any atom is 0.270 e. The first-order valence-electron chi connectivity index (χ1n) is 9.96. The minimum atomic E-state index is 0.0304. The van der Waals surface area contributed by atoms with Crippen LogP contribution in [-0.4, -0.2) is 52.4 Å². The Kier molecular flexibility index (Phi) is 5.07. The second-order valence-corrected chi connectivity index (χ2v) is 8.06. The maximum absolute atomic E-state index is 12.7. The summed E-state index contributed by atoms with van der Waals surface area (Å²) >= 11 is 0. The van der Waals surface area contributed by atoms with E-state index in [1.807, 2.05) is 57.9 Å². The number of rotatable bonds is 4. The fraction of sp³-hybridized carbons (Fsp3) is 0.391. The summed E-state index contributed by atoms with van der Waals surface area (Å²) in [4.78, 5) is 29.2. The average Bonchev–Trinajstić information content (AvgIpc) is 3.26. The summed E-state index contributed by atoms with van der Waals surface area (Å²) < 4.78 is 1.87. The van der Waals surface area contributed by atoms with E-state index in [2.05, 4.69) is 24.3 Å². The second kappa shape index (κ2) is 7.66. The summed E-state index contributed by atoms with van der Waals surface area (Å²) in [6, 6.07) is 13.9. The highest BCUT2D eigenvalue weighted by Gasteiger charge is 2.45. The summed E-state index contributed by atoms with van der Waals surface area (Å²) in [5.74, 6) is 0.328. The van der Waals surface area contributed by atoms with E-state index in [4.69, 9.17) is 0 Å². The van der Waals surface area contributed by atoms with Gasteiger partial charge in [-0.05, 0) is 30.5 Å². The minimum Gasteiger partial charge on any atom is -0.347 e. The van der Waals surface area contributed by atoms with Crippen LogP contribution in [0, 0.1) is 5.41 Å². The van der Waals surface area contributed by atoms with Gasteiger partial charge in [0.25, 0.3) is 5.91 Å².